The minimum absolute atomic E-state index is 0.0234. The number of guanidine groups is 1. The number of H-pyrrole nitrogens is 3. The first-order chi connectivity index (χ1) is 61.5. The number of nitrogens with two attached hydrogens (primary N) is 2. The van der Waals surface area contributed by atoms with Gasteiger partial charge in [-0.1, -0.05) is 139 Å². The number of aliphatic hydroxyl groups excluding tert-OH is 3. The first kappa shape index (κ1) is 103. The van der Waals surface area contributed by atoms with Crippen molar-refractivity contribution < 1.29 is 87.2 Å². The number of para-hydroxylation sites is 1. The maximum atomic E-state index is 15.3. The highest BCUT2D eigenvalue weighted by atomic mass is 16.3. The SMILES string of the molecule is CCCC[C@H](NC(=O)[C@H](CO)NC(=O)[C@H](Cc1c[nH]cn1)NC(=O)[C@H](CCC(N)=O)NC(=O)[C@@H](NC(=O)CNC(=O)CCCCCCCCCCCCCCCc1nnn[nH]1)[C@@H](C)O)C(=O)N[C@H]1CCC(=O)NCCCC[C@@H](C(C)=O)NC(=O)[C@H](Cc2c[nH]c3ccccc23)NC(=O)[C@H](CCCNC(=N)N)NC(=O)[C@@H](Cc2ccccc2)NC(=O)[C@@H]2C[C@@H](O)CN2C1=O. The van der Waals surface area contributed by atoms with Crippen molar-refractivity contribution in [3.63, 3.8) is 0 Å². The quantitative estimate of drug-likeness (QED) is 0.0124. The number of carbonyl (C=O) groups excluding carboxylic acids is 15. The molecule has 0 saturated carbocycles. The first-order valence-electron chi connectivity index (χ1n) is 44.5. The van der Waals surface area contributed by atoms with Crippen molar-refractivity contribution in [1.29, 1.82) is 5.41 Å². The van der Waals surface area contributed by atoms with Gasteiger partial charge in [0.15, 0.2) is 11.7 Å². The number of unbranched alkanes of at least 4 members (excludes halogenated alkanes) is 13. The van der Waals surface area contributed by atoms with E-state index in [2.05, 4.69) is 105 Å². The molecule has 2 saturated heterocycles. The third-order valence-corrected chi connectivity index (χ3v) is 22.4. The predicted molar refractivity (Wildman–Crippen MR) is 468 cm³/mol. The van der Waals surface area contributed by atoms with E-state index in [1.54, 1.807) is 49.5 Å². The summed E-state index contributed by atoms with van der Waals surface area (Å²) in [6, 6.07) is -1.55. The van der Waals surface area contributed by atoms with E-state index in [-0.39, 0.29) is 89.0 Å². The van der Waals surface area contributed by atoms with Crippen LogP contribution in [0.3, 0.4) is 0 Å². The molecular formula is C86H130N24O18. The summed E-state index contributed by atoms with van der Waals surface area (Å²) in [5, 5.41) is 89.2. The summed E-state index contributed by atoms with van der Waals surface area (Å²) in [4.78, 5) is 224. The van der Waals surface area contributed by atoms with E-state index in [1.807, 2.05) is 18.2 Å². The molecule has 14 amide bonds. The lowest BCUT2D eigenvalue weighted by atomic mass is 10.0. The van der Waals surface area contributed by atoms with Crippen LogP contribution < -0.4 is 80.6 Å². The number of primary amides is 1. The molecule has 0 unspecified atom stereocenters. The number of nitrogens with zero attached hydrogens (tertiary/aromatic N) is 5. The zero-order valence-electron chi connectivity index (χ0n) is 73.2. The maximum Gasteiger partial charge on any atom is 0.245 e. The van der Waals surface area contributed by atoms with Crippen LogP contribution in [0, 0.1) is 5.41 Å². The van der Waals surface area contributed by atoms with Crippen LogP contribution in [-0.2, 0) is 97.6 Å². The fourth-order valence-corrected chi connectivity index (χ4v) is 15.2. The average Bonchev–Trinajstić information content (AvgIpc) is 1.65. The van der Waals surface area contributed by atoms with Crippen LogP contribution >= 0.6 is 0 Å². The van der Waals surface area contributed by atoms with Crippen molar-refractivity contribution in [1.82, 2.24) is 110 Å². The van der Waals surface area contributed by atoms with Crippen molar-refractivity contribution in [2.75, 3.05) is 32.8 Å². The molecule has 0 aliphatic carbocycles. The summed E-state index contributed by atoms with van der Waals surface area (Å²) in [6.45, 7) is 2.12. The summed E-state index contributed by atoms with van der Waals surface area (Å²) in [7, 11) is 0. The maximum absolute atomic E-state index is 15.3. The molecule has 7 rings (SSSR count). The van der Waals surface area contributed by atoms with Crippen molar-refractivity contribution in [3.05, 3.63) is 96.0 Å². The molecule has 5 heterocycles. The molecule has 2 aliphatic heterocycles. The number of imidazole rings is 1. The van der Waals surface area contributed by atoms with Crippen LogP contribution in [0.4, 0.5) is 0 Å². The van der Waals surface area contributed by atoms with Gasteiger partial charge in [0.25, 0.3) is 0 Å². The number of tetrazole rings is 1. The van der Waals surface area contributed by atoms with Gasteiger partial charge in [0.2, 0.25) is 82.7 Å². The number of aliphatic hydroxyl groups is 3. The first-order valence-corrected chi connectivity index (χ1v) is 44.5. The predicted octanol–water partition coefficient (Wildman–Crippen LogP) is -1.18. The Kier molecular flexibility index (Phi) is 44.4. The third-order valence-electron chi connectivity index (χ3n) is 22.4. The van der Waals surface area contributed by atoms with E-state index < -0.39 is 225 Å². The molecule has 42 heteroatoms. The van der Waals surface area contributed by atoms with Crippen LogP contribution in [0.5, 0.6) is 0 Å². The largest absolute Gasteiger partial charge is 0.394 e. The zero-order valence-corrected chi connectivity index (χ0v) is 73.2. The van der Waals surface area contributed by atoms with Gasteiger partial charge in [-0.2, -0.15) is 0 Å². The van der Waals surface area contributed by atoms with Gasteiger partial charge in [-0.25, -0.2) is 10.1 Å². The summed E-state index contributed by atoms with van der Waals surface area (Å²) in [5.41, 5.74) is 13.2. The van der Waals surface area contributed by atoms with Gasteiger partial charge in [-0.15, -0.1) is 5.10 Å². The molecule has 0 bridgehead atoms. The number of nitrogens with one attached hydrogen (secondary N) is 17. The van der Waals surface area contributed by atoms with E-state index in [9.17, 15) is 72.9 Å². The molecule has 0 spiro atoms. The topological polar surface area (TPSA) is 651 Å². The van der Waals surface area contributed by atoms with Crippen molar-refractivity contribution >= 4 is 105 Å². The molecule has 42 nitrogen and oxygen atoms in total. The monoisotopic (exact) mass is 1790 g/mol. The molecule has 3 aromatic heterocycles. The second-order valence-corrected chi connectivity index (χ2v) is 32.8. The molecule has 2 fully saturated rings. The van der Waals surface area contributed by atoms with E-state index in [0.29, 0.717) is 24.0 Å². The highest BCUT2D eigenvalue weighted by Crippen LogP contribution is 2.24. The standard InChI is InChI=1S/C86H130N24O18/c1-4-5-30-61(98-82(125)68(50-111)104-81(124)67(44-56-47-90-51-95-56)102-78(121)63(36-38-70(87)115)99-84(127)75(53(3)113)105-74(118)48-94-72(116)35-21-16-14-12-10-8-6-7-9-11-13-15-20-34-71-106-108-109-107-71)76(119)100-64-37-39-73(117)91-40-25-24-31-59(52(2)112)96-80(123)66(43-55-46-93-60-32-23-22-29-58(55)60)101-77(120)62(33-26-41-92-86(88)89)97-79(122)65(42-54-27-18-17-19-28-54)103-83(126)69-45-57(114)49-110(69)85(64)128/h17-19,22-23,27-29,32,46-47,51,53,57,59,61-69,75,93,111,113-114H,4-16,20-21,24-26,30-31,33-45,48-50H2,1-3H3,(H2,87,115)(H,90,95)(H,91,117)(H,94,116)(H,96,123)(H,97,122)(H,98,125)(H,99,127)(H,100,119)(H,101,120)(H,102,121)(H,103,126)(H,104,124)(H,105,118)(H4,88,89,92)(H,106,107,108,109)/t53-,57-,59+,61+,62+,63+,64+,65-,66+,67+,68+,69+,75+/m1/s1. The normalized spacial score (nSPS) is 19.5. The number of aryl methyl sites for hydroxylation is 1. The Morgan fingerprint density at radius 2 is 1.26 bits per heavy atom. The highest BCUT2D eigenvalue weighted by molar-refractivity contribution is 6.01. The van der Waals surface area contributed by atoms with Crippen molar-refractivity contribution in [2.24, 2.45) is 11.5 Å². The summed E-state index contributed by atoms with van der Waals surface area (Å²) in [5.74, 6) is -12.8. The molecule has 0 radical (unpaired) electrons. The zero-order chi connectivity index (χ0) is 92.9. The number of hydrogen-bond donors (Lipinski definition) is 22. The van der Waals surface area contributed by atoms with E-state index >= 15 is 14.4 Å². The van der Waals surface area contributed by atoms with Crippen molar-refractivity contribution in [3.8, 4) is 0 Å². The van der Waals surface area contributed by atoms with Gasteiger partial charge in [-0.3, -0.25) is 77.3 Å². The molecule has 702 valence electrons. The third kappa shape index (κ3) is 36.2. The Morgan fingerprint density at radius 3 is 1.91 bits per heavy atom. The Morgan fingerprint density at radius 1 is 0.641 bits per heavy atom. The van der Waals surface area contributed by atoms with Gasteiger partial charge in [0.1, 0.15) is 66.2 Å². The number of ketones is 1. The van der Waals surface area contributed by atoms with Crippen LogP contribution in [0.2, 0.25) is 0 Å². The molecular weight excluding hydrogens is 1660 g/mol. The van der Waals surface area contributed by atoms with Crippen LogP contribution in [-0.4, -0.2) is 262 Å². The van der Waals surface area contributed by atoms with Gasteiger partial charge in [0.05, 0.1) is 43.4 Å². The summed E-state index contributed by atoms with van der Waals surface area (Å²) >= 11 is 0. The number of aromatic amines is 3. The number of hydrogen-bond acceptors (Lipinski definition) is 23. The highest BCUT2D eigenvalue weighted by Gasteiger charge is 2.44. The van der Waals surface area contributed by atoms with Gasteiger partial charge in [0, 0.05) is 94.3 Å². The van der Waals surface area contributed by atoms with Gasteiger partial charge >= 0.3 is 0 Å². The lowest BCUT2D eigenvalue weighted by Crippen LogP contribution is -2.61. The number of Topliss-reactive ketones (excluding diaryl/α,β-unsaturated/α-hetero) is 1. The minimum Gasteiger partial charge on any atom is -0.394 e. The van der Waals surface area contributed by atoms with E-state index in [0.717, 1.165) is 73.0 Å². The van der Waals surface area contributed by atoms with Crippen LogP contribution in [0.1, 0.15) is 217 Å². The molecule has 5 aromatic rings. The Bertz CT molecular complexity index is 4420. The van der Waals surface area contributed by atoms with Crippen molar-refractivity contribution in [2.45, 2.75) is 298 Å². The van der Waals surface area contributed by atoms with Crippen LogP contribution in [0.25, 0.3) is 10.9 Å². The number of rotatable bonds is 48. The number of carbonyl (C=O) groups is 15. The molecule has 24 N–H and O–H groups in total. The Balaban J connectivity index is 1.02. The van der Waals surface area contributed by atoms with Gasteiger partial charge in [-0.05, 0) is 106 Å². The molecule has 2 aromatic carbocycles. The van der Waals surface area contributed by atoms with Gasteiger partial charge < -0.3 is 111 Å². The number of amides is 14. The van der Waals surface area contributed by atoms with E-state index in [1.165, 1.54) is 58.5 Å². The second-order valence-electron chi connectivity index (χ2n) is 32.8. The number of fused-ring (bicyclic) bond motifs is 2. The fraction of sp³-hybridized carbons (Fsp3) is 0.605. The average molecular weight is 1790 g/mol. The number of aromatic nitrogens is 7. The summed E-state index contributed by atoms with van der Waals surface area (Å²) < 4.78 is 0. The Labute approximate surface area is 743 Å². The lowest BCUT2D eigenvalue weighted by Gasteiger charge is -2.31. The molecule has 13 atom stereocenters. The molecule has 2 aliphatic rings. The minimum atomic E-state index is -1.90. The van der Waals surface area contributed by atoms with E-state index in [4.69, 9.17) is 16.9 Å². The smallest absolute Gasteiger partial charge is 0.245 e. The second kappa shape index (κ2) is 55.3. The number of benzene rings is 2. The van der Waals surface area contributed by atoms with Crippen LogP contribution in [0.15, 0.2) is 73.3 Å². The Hall–Kier alpha value is -12.3. The fourth-order valence-electron chi connectivity index (χ4n) is 15.2. The summed E-state index contributed by atoms with van der Waals surface area (Å²) in [6.07, 6.45) is 14.2. The molecule has 128 heavy (non-hydrogen) atoms. The lowest BCUT2D eigenvalue weighted by molar-refractivity contribution is -0.143.